The number of urea groups is 1. The van der Waals surface area contributed by atoms with E-state index in [0.29, 0.717) is 29.1 Å². The molecule has 0 aromatic heterocycles. The number of carbonyl (C=O) groups is 3. The van der Waals surface area contributed by atoms with E-state index in [1.54, 1.807) is 43.4 Å². The van der Waals surface area contributed by atoms with Gasteiger partial charge in [-0.15, -0.1) is 0 Å². The number of nitrogens with zero attached hydrogens (tertiary/aromatic N) is 1. The van der Waals surface area contributed by atoms with Gasteiger partial charge < -0.3 is 25.2 Å². The lowest BCUT2D eigenvalue weighted by Crippen LogP contribution is -2.31. The lowest BCUT2D eigenvalue weighted by Gasteiger charge is -2.21. The molecule has 0 spiro atoms. The number of anilines is 3. The van der Waals surface area contributed by atoms with Gasteiger partial charge >= 0.3 is 12.0 Å². The average molecular weight is 520 g/mol. The summed E-state index contributed by atoms with van der Waals surface area (Å²) in [5.74, 6) is -0.694. The Morgan fingerprint density at radius 1 is 0.974 bits per heavy atom. The van der Waals surface area contributed by atoms with Crippen LogP contribution < -0.4 is 20.3 Å². The van der Waals surface area contributed by atoms with Gasteiger partial charge in [-0.3, -0.25) is 14.5 Å². The fourth-order valence-electron chi connectivity index (χ4n) is 4.08. The first-order chi connectivity index (χ1) is 18.2. The molecular formula is C29H33N3O6. The number of ether oxygens (including phenoxy) is 2. The predicted octanol–water partition coefficient (Wildman–Crippen LogP) is 5.41. The maximum absolute atomic E-state index is 12.8. The third-order valence-corrected chi connectivity index (χ3v) is 6.10. The molecule has 3 aromatic carbocycles. The summed E-state index contributed by atoms with van der Waals surface area (Å²) in [5.41, 5.74) is 4.32. The molecule has 0 saturated carbocycles. The van der Waals surface area contributed by atoms with E-state index in [9.17, 15) is 14.4 Å². The van der Waals surface area contributed by atoms with Crippen molar-refractivity contribution in [2.45, 2.75) is 32.3 Å². The summed E-state index contributed by atoms with van der Waals surface area (Å²) >= 11 is 0. The largest absolute Gasteiger partial charge is 0.495 e. The standard InChI is InChI=1S/C29H33N3O6/c1-19-8-5-6-11-24(19)32(2)29(36)31-23-13-12-20(16-26(23)38-4)17-27(33)30-22-10-7-9-21(18-22)25(37-3)14-15-28(34)35/h5-13,16,18,25H,14-15,17H2,1-4H3,(H,30,33)(H,31,36)(H,34,35). The van der Waals surface area contributed by atoms with Crippen LogP contribution in [0.3, 0.4) is 0 Å². The smallest absolute Gasteiger partial charge is 0.326 e. The molecule has 0 fully saturated rings. The van der Waals surface area contributed by atoms with Crippen LogP contribution in [0.4, 0.5) is 21.9 Å². The molecule has 0 bridgehead atoms. The van der Waals surface area contributed by atoms with Gasteiger partial charge in [-0.25, -0.2) is 4.79 Å². The van der Waals surface area contributed by atoms with Gasteiger partial charge in [-0.05, 0) is 60.4 Å². The fourth-order valence-corrected chi connectivity index (χ4v) is 4.08. The lowest BCUT2D eigenvalue weighted by atomic mass is 10.0. The summed E-state index contributed by atoms with van der Waals surface area (Å²) in [4.78, 5) is 38.0. The highest BCUT2D eigenvalue weighted by Gasteiger charge is 2.17. The van der Waals surface area contributed by atoms with Crippen LogP contribution in [0.1, 0.15) is 35.6 Å². The zero-order chi connectivity index (χ0) is 27.7. The summed E-state index contributed by atoms with van der Waals surface area (Å²) in [7, 11) is 4.72. The van der Waals surface area contributed by atoms with Crippen molar-refractivity contribution in [1.82, 2.24) is 0 Å². The molecule has 3 amide bonds. The second kappa shape index (κ2) is 13.3. The highest BCUT2D eigenvalue weighted by molar-refractivity contribution is 6.02. The molecule has 1 unspecified atom stereocenters. The van der Waals surface area contributed by atoms with Gasteiger partial charge in [-0.1, -0.05) is 36.4 Å². The van der Waals surface area contributed by atoms with Gasteiger partial charge in [0.1, 0.15) is 5.75 Å². The minimum absolute atomic E-state index is 0.0183. The monoisotopic (exact) mass is 519 g/mol. The number of benzene rings is 3. The number of rotatable bonds is 11. The molecule has 0 heterocycles. The number of hydrogen-bond acceptors (Lipinski definition) is 5. The van der Waals surface area contributed by atoms with E-state index in [1.807, 2.05) is 37.3 Å². The van der Waals surface area contributed by atoms with E-state index in [2.05, 4.69) is 10.6 Å². The van der Waals surface area contributed by atoms with E-state index in [-0.39, 0.29) is 30.9 Å². The highest BCUT2D eigenvalue weighted by atomic mass is 16.5. The molecule has 1 atom stereocenters. The number of aryl methyl sites for hydroxylation is 1. The number of carboxylic acid groups (broad SMARTS) is 1. The second-order valence-electron chi connectivity index (χ2n) is 8.82. The van der Waals surface area contributed by atoms with Crippen molar-refractivity contribution in [3.05, 3.63) is 83.4 Å². The lowest BCUT2D eigenvalue weighted by molar-refractivity contribution is -0.137. The van der Waals surface area contributed by atoms with E-state index < -0.39 is 5.97 Å². The second-order valence-corrected chi connectivity index (χ2v) is 8.82. The maximum atomic E-state index is 12.8. The number of aliphatic carboxylic acids is 1. The molecule has 0 aliphatic rings. The van der Waals surface area contributed by atoms with Crippen LogP contribution in [0, 0.1) is 6.92 Å². The molecule has 200 valence electrons. The fraction of sp³-hybridized carbons (Fsp3) is 0.276. The molecular weight excluding hydrogens is 486 g/mol. The summed E-state index contributed by atoms with van der Waals surface area (Å²) in [5, 5.41) is 14.7. The Bertz CT molecular complexity index is 1290. The Balaban J connectivity index is 1.65. The van der Waals surface area contributed by atoms with Gasteiger partial charge in [0.05, 0.1) is 25.3 Å². The Kier molecular flexibility index (Phi) is 9.84. The number of hydrogen-bond donors (Lipinski definition) is 3. The van der Waals surface area contributed by atoms with Crippen LogP contribution in [0.5, 0.6) is 5.75 Å². The van der Waals surface area contributed by atoms with Gasteiger partial charge in [0.25, 0.3) is 0 Å². The number of methoxy groups -OCH3 is 2. The number of nitrogens with one attached hydrogen (secondary N) is 2. The zero-order valence-electron chi connectivity index (χ0n) is 22.0. The first-order valence-electron chi connectivity index (χ1n) is 12.1. The average Bonchev–Trinajstić information content (AvgIpc) is 2.89. The number of carbonyl (C=O) groups excluding carboxylic acids is 2. The van der Waals surface area contributed by atoms with Crippen LogP contribution in [0.2, 0.25) is 0 Å². The van der Waals surface area contributed by atoms with Gasteiger partial charge in [-0.2, -0.15) is 0 Å². The Labute approximate surface area is 222 Å². The van der Waals surface area contributed by atoms with Crippen molar-refractivity contribution in [2.75, 3.05) is 36.8 Å². The van der Waals surface area contributed by atoms with E-state index in [0.717, 1.165) is 16.8 Å². The Hall–Kier alpha value is -4.37. The molecule has 38 heavy (non-hydrogen) atoms. The maximum Gasteiger partial charge on any atom is 0.326 e. The predicted molar refractivity (Wildman–Crippen MR) is 147 cm³/mol. The highest BCUT2D eigenvalue weighted by Crippen LogP contribution is 2.28. The number of carboxylic acids is 1. The normalized spacial score (nSPS) is 11.4. The summed E-state index contributed by atoms with van der Waals surface area (Å²) in [6.07, 6.45) is 0.00665. The topological polar surface area (TPSA) is 117 Å². The van der Waals surface area contributed by atoms with E-state index in [4.69, 9.17) is 14.6 Å². The van der Waals surface area contributed by atoms with Crippen LogP contribution >= 0.6 is 0 Å². The van der Waals surface area contributed by atoms with Crippen molar-refractivity contribution in [1.29, 1.82) is 0 Å². The zero-order valence-corrected chi connectivity index (χ0v) is 22.0. The minimum atomic E-state index is -0.893. The quantitative estimate of drug-likeness (QED) is 0.312. The Morgan fingerprint density at radius 2 is 1.74 bits per heavy atom. The number of amides is 3. The van der Waals surface area contributed by atoms with Crippen LogP contribution in [0.15, 0.2) is 66.7 Å². The van der Waals surface area contributed by atoms with E-state index >= 15 is 0 Å². The first kappa shape index (κ1) is 28.2. The molecule has 9 nitrogen and oxygen atoms in total. The van der Waals surface area contributed by atoms with Crippen LogP contribution in [-0.2, 0) is 20.7 Å². The first-order valence-corrected chi connectivity index (χ1v) is 12.1. The van der Waals surface area contributed by atoms with Crippen molar-refractivity contribution in [2.24, 2.45) is 0 Å². The molecule has 0 aliphatic carbocycles. The molecule has 0 radical (unpaired) electrons. The van der Waals surface area contributed by atoms with E-state index in [1.165, 1.54) is 19.1 Å². The number of para-hydroxylation sites is 1. The minimum Gasteiger partial charge on any atom is -0.495 e. The summed E-state index contributed by atoms with van der Waals surface area (Å²) in [6.45, 7) is 1.94. The summed E-state index contributed by atoms with van der Waals surface area (Å²) < 4.78 is 10.9. The molecule has 3 N–H and O–H groups in total. The third-order valence-electron chi connectivity index (χ3n) is 6.10. The molecule has 3 aromatic rings. The van der Waals surface area contributed by atoms with Crippen molar-refractivity contribution < 1.29 is 29.0 Å². The molecule has 0 saturated heterocycles. The van der Waals surface area contributed by atoms with Crippen molar-refractivity contribution in [3.8, 4) is 5.75 Å². The van der Waals surface area contributed by atoms with Gasteiger partial charge in [0, 0.05) is 32.0 Å². The third kappa shape index (κ3) is 7.57. The SMILES string of the molecule is COc1cc(CC(=O)Nc2cccc(C(CCC(=O)O)OC)c2)ccc1NC(=O)N(C)c1ccccc1C. The van der Waals surface area contributed by atoms with Crippen LogP contribution in [0.25, 0.3) is 0 Å². The van der Waals surface area contributed by atoms with Gasteiger partial charge in [0.15, 0.2) is 0 Å². The van der Waals surface area contributed by atoms with Crippen molar-refractivity contribution >= 4 is 35.0 Å². The molecule has 9 heteroatoms. The Morgan fingerprint density at radius 3 is 2.42 bits per heavy atom. The summed E-state index contributed by atoms with van der Waals surface area (Å²) in [6, 6.07) is 19.6. The molecule has 3 rings (SSSR count). The van der Waals surface area contributed by atoms with Crippen LogP contribution in [-0.4, -0.2) is 44.3 Å². The van der Waals surface area contributed by atoms with Gasteiger partial charge in [0.2, 0.25) is 5.91 Å². The molecule has 0 aliphatic heterocycles. The van der Waals surface area contributed by atoms with Crippen molar-refractivity contribution in [3.63, 3.8) is 0 Å².